The van der Waals surface area contributed by atoms with Crippen LogP contribution in [0.4, 0.5) is 0 Å². The van der Waals surface area contributed by atoms with Crippen LogP contribution in [0.5, 0.6) is 0 Å². The van der Waals surface area contributed by atoms with E-state index in [1.54, 1.807) is 0 Å². The zero-order valence-electron chi connectivity index (χ0n) is 3.72. The molecule has 0 bridgehead atoms. The summed E-state index contributed by atoms with van der Waals surface area (Å²) < 4.78 is 4.53. The van der Waals surface area contributed by atoms with Crippen LogP contribution in [0.3, 0.4) is 0 Å². The molecule has 3 heteroatoms. The molecule has 0 saturated heterocycles. The van der Waals surface area contributed by atoms with Gasteiger partial charge in [-0.05, 0) is 0 Å². The van der Waals surface area contributed by atoms with Gasteiger partial charge in [-0.3, -0.25) is 0 Å². The van der Waals surface area contributed by atoms with E-state index in [0.29, 0.717) is 0 Å². The van der Waals surface area contributed by atoms with Gasteiger partial charge < -0.3 is 0 Å². The van der Waals surface area contributed by atoms with Crippen molar-refractivity contribution in [3.05, 3.63) is 0 Å². The Balaban J connectivity index is 2.83. The van der Waals surface area contributed by atoms with Gasteiger partial charge in [0.15, 0.2) is 0 Å². The van der Waals surface area contributed by atoms with Gasteiger partial charge in [-0.2, -0.15) is 0 Å². The van der Waals surface area contributed by atoms with Crippen LogP contribution in [-0.2, 0) is 7.90 Å². The minimum atomic E-state index is -0.421. The van der Waals surface area contributed by atoms with Crippen LogP contribution in [0.15, 0.2) is 0 Å². The molecule has 0 aliphatic carbocycles. The fraction of sp³-hybridized carbons (Fsp3) is 0.667. The Kier molecular flexibility index (Phi) is 3.60. The molecule has 0 aromatic rings. The Morgan fingerprint density at radius 1 is 1.83 bits per heavy atom. The molecule has 0 N–H and O–H groups in total. The SMILES string of the molecule is C[Te]OC(C)=O. The van der Waals surface area contributed by atoms with Crippen molar-refractivity contribution in [2.24, 2.45) is 0 Å². The first-order valence-corrected chi connectivity index (χ1v) is 4.76. The topological polar surface area (TPSA) is 26.3 Å². The average Bonchev–Trinajstić information content (AvgIpc) is 1.35. The van der Waals surface area contributed by atoms with Crippen molar-refractivity contribution in [3.8, 4) is 0 Å². The van der Waals surface area contributed by atoms with E-state index in [1.807, 2.05) is 4.97 Å². The second-order valence-electron chi connectivity index (χ2n) is 0.742. The third-order valence-corrected chi connectivity index (χ3v) is 1.35. The van der Waals surface area contributed by atoms with Gasteiger partial charge in [-0.15, -0.1) is 0 Å². The maximum absolute atomic E-state index is 9.85. The molecule has 0 heterocycles. The molecule has 36 valence electrons. The van der Waals surface area contributed by atoms with Gasteiger partial charge in [0, 0.05) is 0 Å². The zero-order chi connectivity index (χ0) is 4.99. The molecule has 2 nitrogen and oxygen atoms in total. The van der Waals surface area contributed by atoms with Crippen molar-refractivity contribution in [2.45, 2.75) is 11.9 Å². The summed E-state index contributed by atoms with van der Waals surface area (Å²) >= 11 is -0.421. The van der Waals surface area contributed by atoms with Crippen LogP contribution < -0.4 is 0 Å². The van der Waals surface area contributed by atoms with E-state index >= 15 is 0 Å². The first kappa shape index (κ1) is 6.26. The van der Waals surface area contributed by atoms with Crippen LogP contribution in [0.25, 0.3) is 0 Å². The van der Waals surface area contributed by atoms with E-state index < -0.39 is 21.3 Å². The van der Waals surface area contributed by atoms with Crippen molar-refractivity contribution >= 4 is 27.3 Å². The van der Waals surface area contributed by atoms with Crippen molar-refractivity contribution in [1.82, 2.24) is 0 Å². The van der Waals surface area contributed by atoms with E-state index in [0.717, 1.165) is 0 Å². The number of rotatable bonds is 1. The predicted molar refractivity (Wildman–Crippen MR) is 23.4 cm³/mol. The molecule has 0 aliphatic heterocycles. The first-order chi connectivity index (χ1) is 2.77. The van der Waals surface area contributed by atoms with Gasteiger partial charge in [-0.1, -0.05) is 0 Å². The summed E-state index contributed by atoms with van der Waals surface area (Å²) in [5, 5.41) is 0. The minimum absolute atomic E-state index is 0.153. The number of carbonyl (C=O) groups is 1. The summed E-state index contributed by atoms with van der Waals surface area (Å²) in [6.07, 6.45) is 0. The fourth-order valence-corrected chi connectivity index (χ4v) is 0.787. The Labute approximate surface area is 47.5 Å². The summed E-state index contributed by atoms with van der Waals surface area (Å²) in [6, 6.07) is 0. The van der Waals surface area contributed by atoms with Crippen LogP contribution in [-0.4, -0.2) is 27.3 Å². The Bertz CT molecular complexity index is 52.8. The Hall–Kier alpha value is 0.260. The van der Waals surface area contributed by atoms with Crippen molar-refractivity contribution in [1.29, 1.82) is 0 Å². The molecule has 0 aromatic carbocycles. The summed E-state index contributed by atoms with van der Waals surface area (Å²) in [4.78, 5) is 11.8. The third-order valence-electron chi connectivity index (χ3n) is 0.201. The van der Waals surface area contributed by atoms with Gasteiger partial charge in [0.25, 0.3) is 0 Å². The quantitative estimate of drug-likeness (QED) is 0.568. The molecule has 0 saturated carbocycles. The second kappa shape index (κ2) is 3.45. The van der Waals surface area contributed by atoms with Crippen LogP contribution >= 0.6 is 0 Å². The molecule has 6 heavy (non-hydrogen) atoms. The second-order valence-corrected chi connectivity index (χ2v) is 2.17. The summed E-state index contributed by atoms with van der Waals surface area (Å²) in [5.41, 5.74) is 0. The predicted octanol–water partition coefficient (Wildman–Crippen LogP) is 0.217. The van der Waals surface area contributed by atoms with Gasteiger partial charge in [0.05, 0.1) is 0 Å². The number of carbonyl (C=O) groups excluding carboxylic acids is 1. The number of hydrogen-bond donors (Lipinski definition) is 0. The normalized spacial score (nSPS) is 7.67. The van der Waals surface area contributed by atoms with E-state index in [1.165, 1.54) is 6.92 Å². The van der Waals surface area contributed by atoms with Crippen LogP contribution in [0, 0.1) is 0 Å². The molecule has 0 atom stereocenters. The monoisotopic (exact) mass is 204 g/mol. The van der Waals surface area contributed by atoms with Crippen LogP contribution in [0.2, 0.25) is 4.97 Å². The van der Waals surface area contributed by atoms with E-state index in [4.69, 9.17) is 0 Å². The number of hydrogen-bond acceptors (Lipinski definition) is 2. The van der Waals surface area contributed by atoms with Crippen molar-refractivity contribution in [2.75, 3.05) is 0 Å². The molecule has 0 spiro atoms. The van der Waals surface area contributed by atoms with Gasteiger partial charge >= 0.3 is 47.1 Å². The maximum atomic E-state index is 9.85. The van der Waals surface area contributed by atoms with Gasteiger partial charge in [0.1, 0.15) is 0 Å². The Morgan fingerprint density at radius 2 is 2.33 bits per heavy atom. The standard InChI is InChI=1S/C3H6O2Te/c1-3(4)5-6-2/h1-2H3. The first-order valence-electron chi connectivity index (χ1n) is 1.48. The zero-order valence-corrected chi connectivity index (χ0v) is 6.06. The molecule has 0 rings (SSSR count). The molecular weight excluding hydrogens is 196 g/mol. The van der Waals surface area contributed by atoms with E-state index in [-0.39, 0.29) is 5.97 Å². The fourth-order valence-electron chi connectivity index (χ4n) is 0.117. The van der Waals surface area contributed by atoms with Crippen molar-refractivity contribution < 1.29 is 7.90 Å². The molecule has 0 amide bonds. The van der Waals surface area contributed by atoms with E-state index in [2.05, 4.69) is 3.10 Å². The molecule has 0 radical (unpaired) electrons. The van der Waals surface area contributed by atoms with Gasteiger partial charge in [0.2, 0.25) is 0 Å². The molecule has 0 fully saturated rings. The molecule has 0 aromatic heterocycles. The summed E-state index contributed by atoms with van der Waals surface area (Å²) in [7, 11) is 0. The Morgan fingerprint density at radius 3 is 2.33 bits per heavy atom. The third kappa shape index (κ3) is 4.26. The molecule has 0 aliphatic rings. The molecule has 0 unspecified atom stereocenters. The summed E-state index contributed by atoms with van der Waals surface area (Å²) in [6.45, 7) is 1.42. The van der Waals surface area contributed by atoms with Crippen LogP contribution in [0.1, 0.15) is 6.92 Å². The summed E-state index contributed by atoms with van der Waals surface area (Å²) in [5.74, 6) is -0.153. The van der Waals surface area contributed by atoms with Gasteiger partial charge in [-0.25, -0.2) is 0 Å². The van der Waals surface area contributed by atoms with Crippen molar-refractivity contribution in [3.63, 3.8) is 0 Å². The average molecular weight is 202 g/mol. The molecular formula is C3H6O2Te. The van der Waals surface area contributed by atoms with E-state index in [9.17, 15) is 4.79 Å².